The lowest BCUT2D eigenvalue weighted by atomic mass is 10.00. The molecule has 1 aromatic heterocycles. The third-order valence-electron chi connectivity index (χ3n) is 4.10. The molecule has 1 aliphatic rings. The minimum Gasteiger partial charge on any atom is -0.367 e. The quantitative estimate of drug-likeness (QED) is 0.935. The van der Waals surface area contributed by atoms with Crippen LogP contribution in [0.5, 0.6) is 0 Å². The van der Waals surface area contributed by atoms with Gasteiger partial charge in [-0.25, -0.2) is 4.98 Å². The molecule has 0 bridgehead atoms. The predicted molar refractivity (Wildman–Crippen MR) is 78.9 cm³/mol. The van der Waals surface area contributed by atoms with Gasteiger partial charge in [-0.2, -0.15) is 13.2 Å². The molecule has 0 aliphatic carbocycles. The van der Waals surface area contributed by atoms with Gasteiger partial charge in [0.25, 0.3) is 5.91 Å². The third kappa shape index (κ3) is 3.01. The minimum absolute atomic E-state index is 0.173. The number of methoxy groups -OCH3 is 1. The summed E-state index contributed by atoms with van der Waals surface area (Å²) in [6, 6.07) is 4.99. The van der Waals surface area contributed by atoms with Crippen molar-refractivity contribution in [1.29, 1.82) is 0 Å². The van der Waals surface area contributed by atoms with E-state index in [1.54, 1.807) is 6.33 Å². The van der Waals surface area contributed by atoms with Gasteiger partial charge in [0.1, 0.15) is 0 Å². The second-order valence-corrected chi connectivity index (χ2v) is 5.54. The van der Waals surface area contributed by atoms with Gasteiger partial charge in [0.05, 0.1) is 29.8 Å². The number of aromatic amines is 1. The number of carbonyl (C=O) groups is 1. The van der Waals surface area contributed by atoms with Gasteiger partial charge in [-0.05, 0) is 6.07 Å². The maximum absolute atomic E-state index is 13.2. The third-order valence-corrected chi connectivity index (χ3v) is 4.10. The van der Waals surface area contributed by atoms with Crippen molar-refractivity contribution in [2.75, 3.05) is 13.7 Å². The zero-order valence-corrected chi connectivity index (χ0v) is 12.9. The second-order valence-electron chi connectivity index (χ2n) is 5.54. The largest absolute Gasteiger partial charge is 0.416 e. The summed E-state index contributed by atoms with van der Waals surface area (Å²) < 4.78 is 44.8. The number of amides is 1. The van der Waals surface area contributed by atoms with Crippen LogP contribution >= 0.6 is 0 Å². The van der Waals surface area contributed by atoms with E-state index in [-0.39, 0.29) is 12.1 Å². The molecule has 2 heterocycles. The molecule has 24 heavy (non-hydrogen) atoms. The number of H-pyrrole nitrogens is 1. The Balaban J connectivity index is 1.89. The van der Waals surface area contributed by atoms with Crippen LogP contribution in [-0.2, 0) is 28.7 Å². The molecule has 1 amide bonds. The summed E-state index contributed by atoms with van der Waals surface area (Å²) >= 11 is 0. The Bertz CT molecular complexity index is 742. The summed E-state index contributed by atoms with van der Waals surface area (Å²) in [5.74, 6) is -0.491. The van der Waals surface area contributed by atoms with Crippen molar-refractivity contribution >= 4 is 5.91 Å². The van der Waals surface area contributed by atoms with Gasteiger partial charge in [0, 0.05) is 25.6 Å². The van der Waals surface area contributed by atoms with Crippen molar-refractivity contribution in [3.8, 4) is 0 Å². The lowest BCUT2D eigenvalue weighted by Crippen LogP contribution is -2.40. The smallest absolute Gasteiger partial charge is 0.367 e. The maximum atomic E-state index is 13.2. The first-order valence-electron chi connectivity index (χ1n) is 7.40. The molecule has 0 fully saturated rings. The fourth-order valence-corrected chi connectivity index (χ4v) is 2.91. The molecule has 0 saturated heterocycles. The Kier molecular flexibility index (Phi) is 4.31. The predicted octanol–water partition coefficient (Wildman–Crippen LogP) is 2.70. The van der Waals surface area contributed by atoms with Crippen LogP contribution in [0.4, 0.5) is 13.2 Å². The van der Waals surface area contributed by atoms with Crippen molar-refractivity contribution in [2.45, 2.75) is 25.2 Å². The summed E-state index contributed by atoms with van der Waals surface area (Å²) in [4.78, 5) is 21.3. The molecular formula is C16H16F3N3O2. The lowest BCUT2D eigenvalue weighted by molar-refractivity contribution is -0.147. The van der Waals surface area contributed by atoms with E-state index < -0.39 is 23.8 Å². The number of nitrogens with one attached hydrogen (secondary N) is 1. The van der Waals surface area contributed by atoms with Crippen LogP contribution in [0.25, 0.3) is 0 Å². The number of hydrogen-bond donors (Lipinski definition) is 1. The van der Waals surface area contributed by atoms with E-state index in [1.165, 1.54) is 30.2 Å². The normalized spacial score (nSPS) is 15.9. The van der Waals surface area contributed by atoms with E-state index in [4.69, 9.17) is 4.74 Å². The van der Waals surface area contributed by atoms with Crippen molar-refractivity contribution in [3.05, 3.63) is 53.1 Å². The zero-order chi connectivity index (χ0) is 17.3. The summed E-state index contributed by atoms with van der Waals surface area (Å²) in [7, 11) is 1.24. The van der Waals surface area contributed by atoms with Crippen molar-refractivity contribution < 1.29 is 22.7 Å². The molecule has 0 spiro atoms. The molecule has 5 nitrogen and oxygen atoms in total. The summed E-state index contributed by atoms with van der Waals surface area (Å²) in [6.45, 7) is 0.674. The van der Waals surface area contributed by atoms with Crippen LogP contribution in [-0.4, -0.2) is 34.4 Å². The number of nitrogens with zero attached hydrogens (tertiary/aromatic N) is 2. The Morgan fingerprint density at radius 1 is 1.38 bits per heavy atom. The molecule has 8 heteroatoms. The van der Waals surface area contributed by atoms with Crippen LogP contribution in [0.3, 0.4) is 0 Å². The minimum atomic E-state index is -4.55. The number of ether oxygens (including phenoxy) is 1. The van der Waals surface area contributed by atoms with Gasteiger partial charge in [-0.15, -0.1) is 0 Å². The number of hydrogen-bond acceptors (Lipinski definition) is 3. The van der Waals surface area contributed by atoms with Gasteiger partial charge in [-0.3, -0.25) is 4.79 Å². The lowest BCUT2D eigenvalue weighted by Gasteiger charge is -2.30. The van der Waals surface area contributed by atoms with E-state index in [9.17, 15) is 18.0 Å². The van der Waals surface area contributed by atoms with E-state index in [0.717, 1.165) is 17.5 Å². The van der Waals surface area contributed by atoms with Crippen LogP contribution in [0.2, 0.25) is 0 Å². The van der Waals surface area contributed by atoms with Crippen LogP contribution < -0.4 is 0 Å². The van der Waals surface area contributed by atoms with Gasteiger partial charge in [0.2, 0.25) is 0 Å². The average Bonchev–Trinajstić information content (AvgIpc) is 3.02. The Morgan fingerprint density at radius 2 is 2.12 bits per heavy atom. The highest BCUT2D eigenvalue weighted by molar-refractivity contribution is 5.83. The van der Waals surface area contributed by atoms with E-state index >= 15 is 0 Å². The van der Waals surface area contributed by atoms with Gasteiger partial charge >= 0.3 is 6.18 Å². The number of rotatable bonds is 3. The number of halogens is 3. The van der Waals surface area contributed by atoms with Gasteiger partial charge < -0.3 is 14.6 Å². The molecule has 1 aliphatic heterocycles. The molecule has 128 valence electrons. The molecule has 2 aromatic rings. The topological polar surface area (TPSA) is 58.2 Å². The number of fused-ring (bicyclic) bond motifs is 1. The average molecular weight is 339 g/mol. The summed E-state index contributed by atoms with van der Waals surface area (Å²) in [6.07, 6.45) is -3.74. The fraction of sp³-hybridized carbons (Fsp3) is 0.375. The SMILES string of the molecule is COC(C(=O)N1CCc2nc[nH]c2C1)c1ccccc1C(F)(F)F. The van der Waals surface area contributed by atoms with Crippen LogP contribution in [0, 0.1) is 0 Å². The monoisotopic (exact) mass is 339 g/mol. The first-order chi connectivity index (χ1) is 11.4. The highest BCUT2D eigenvalue weighted by Gasteiger charge is 2.38. The second kappa shape index (κ2) is 6.27. The molecular weight excluding hydrogens is 323 g/mol. The van der Waals surface area contributed by atoms with Crippen molar-refractivity contribution in [3.63, 3.8) is 0 Å². The van der Waals surface area contributed by atoms with Crippen molar-refractivity contribution in [2.24, 2.45) is 0 Å². The Labute approximate surface area is 136 Å². The molecule has 0 saturated carbocycles. The van der Waals surface area contributed by atoms with Crippen LogP contribution in [0.15, 0.2) is 30.6 Å². The number of aromatic nitrogens is 2. The molecule has 0 radical (unpaired) electrons. The number of carbonyl (C=O) groups excluding carboxylic acids is 1. The highest BCUT2D eigenvalue weighted by Crippen LogP contribution is 2.36. The number of imidazole rings is 1. The standard InChI is InChI=1S/C16H16F3N3O2/c1-24-14(10-4-2-3-5-11(10)16(17,18)19)15(23)22-7-6-12-13(8-22)21-9-20-12/h2-5,9,14H,6-8H2,1H3,(H,20,21). The van der Waals surface area contributed by atoms with Crippen LogP contribution in [0.1, 0.15) is 28.6 Å². The fourth-order valence-electron chi connectivity index (χ4n) is 2.91. The number of benzene rings is 1. The number of alkyl halides is 3. The first kappa shape index (κ1) is 16.5. The van der Waals surface area contributed by atoms with E-state index in [1.807, 2.05) is 0 Å². The van der Waals surface area contributed by atoms with Crippen molar-refractivity contribution in [1.82, 2.24) is 14.9 Å². The Morgan fingerprint density at radius 3 is 2.83 bits per heavy atom. The van der Waals surface area contributed by atoms with E-state index in [2.05, 4.69) is 9.97 Å². The van der Waals surface area contributed by atoms with E-state index in [0.29, 0.717) is 13.0 Å². The summed E-state index contributed by atoms with van der Waals surface area (Å²) in [5, 5.41) is 0. The molecule has 1 atom stereocenters. The molecule has 3 rings (SSSR count). The molecule has 1 N–H and O–H groups in total. The first-order valence-corrected chi connectivity index (χ1v) is 7.40. The zero-order valence-electron chi connectivity index (χ0n) is 12.9. The van der Waals surface area contributed by atoms with Gasteiger partial charge in [0.15, 0.2) is 6.10 Å². The molecule has 1 unspecified atom stereocenters. The highest BCUT2D eigenvalue weighted by atomic mass is 19.4. The summed E-state index contributed by atoms with van der Waals surface area (Å²) in [5.41, 5.74) is 0.648. The maximum Gasteiger partial charge on any atom is 0.416 e. The Hall–Kier alpha value is -2.35. The molecule has 1 aromatic carbocycles. The van der Waals surface area contributed by atoms with Gasteiger partial charge in [-0.1, -0.05) is 18.2 Å².